The summed E-state index contributed by atoms with van der Waals surface area (Å²) in [7, 11) is 3.51. The van der Waals surface area contributed by atoms with E-state index in [1.165, 1.54) is 0 Å². The van der Waals surface area contributed by atoms with E-state index in [1.807, 2.05) is 0 Å². The number of carbonyl (C=O) groups is 1. The molecule has 0 spiro atoms. The van der Waals surface area contributed by atoms with Gasteiger partial charge in [-0.25, -0.2) is 0 Å². The van der Waals surface area contributed by atoms with Gasteiger partial charge in [-0.3, -0.25) is 4.79 Å². The molecule has 9 heteroatoms. The summed E-state index contributed by atoms with van der Waals surface area (Å²) >= 11 is 12.6. The Morgan fingerprint density at radius 1 is 1.24 bits per heavy atom. The van der Waals surface area contributed by atoms with Crippen molar-refractivity contribution in [2.75, 3.05) is 24.7 Å². The normalized spacial score (nSPS) is 14.9. The van der Waals surface area contributed by atoms with Crippen LogP contribution in [0.1, 0.15) is 35.1 Å². The van der Waals surface area contributed by atoms with Crippen molar-refractivity contribution >= 4 is 41.0 Å². The number of carbonyl (C=O) groups excluding carboxylic acids is 1. The van der Waals surface area contributed by atoms with E-state index >= 15 is 0 Å². The van der Waals surface area contributed by atoms with Gasteiger partial charge < -0.3 is 16.0 Å². The maximum Gasteiger partial charge on any atom is 0.289 e. The molecule has 1 fully saturated rings. The van der Waals surface area contributed by atoms with Gasteiger partial charge in [0.1, 0.15) is 0 Å². The lowest BCUT2D eigenvalue weighted by Crippen LogP contribution is -2.32. The Morgan fingerprint density at radius 2 is 1.88 bits per heavy atom. The zero-order valence-corrected chi connectivity index (χ0v) is 15.3. The fourth-order valence-electron chi connectivity index (χ4n) is 2.55. The maximum absolute atomic E-state index is 12.7. The Bertz CT molecular complexity index is 789. The van der Waals surface area contributed by atoms with E-state index in [2.05, 4.69) is 20.3 Å². The molecule has 1 aromatic carbocycles. The van der Waals surface area contributed by atoms with Crippen molar-refractivity contribution in [2.24, 2.45) is 5.92 Å². The summed E-state index contributed by atoms with van der Waals surface area (Å²) in [6.45, 7) is 0. The van der Waals surface area contributed by atoms with Gasteiger partial charge in [0.15, 0.2) is 0 Å². The number of nitrogens with one attached hydrogen (secondary N) is 1. The van der Waals surface area contributed by atoms with Crippen LogP contribution in [0.15, 0.2) is 18.2 Å². The molecule has 1 amide bonds. The number of benzene rings is 1. The second-order valence-electron chi connectivity index (χ2n) is 6.14. The Balaban J connectivity index is 1.90. The minimum absolute atomic E-state index is 0.0115. The highest BCUT2D eigenvalue weighted by atomic mass is 35.5. The van der Waals surface area contributed by atoms with Gasteiger partial charge in [0.05, 0.1) is 6.04 Å². The summed E-state index contributed by atoms with van der Waals surface area (Å²) in [6.07, 6.45) is 1.99. The van der Waals surface area contributed by atoms with Gasteiger partial charge in [-0.05, 0) is 30.9 Å². The molecule has 132 valence electrons. The lowest BCUT2D eigenvalue weighted by Gasteiger charge is -2.21. The first-order valence-electron chi connectivity index (χ1n) is 7.80. The van der Waals surface area contributed by atoms with Crippen molar-refractivity contribution in [3.05, 3.63) is 39.6 Å². The van der Waals surface area contributed by atoms with Crippen LogP contribution >= 0.6 is 23.2 Å². The summed E-state index contributed by atoms with van der Waals surface area (Å²) in [5.41, 5.74) is 6.41. The minimum atomic E-state index is -0.440. The summed E-state index contributed by atoms with van der Waals surface area (Å²) in [4.78, 5) is 26.4. The van der Waals surface area contributed by atoms with E-state index in [4.69, 9.17) is 28.9 Å². The number of amides is 1. The summed E-state index contributed by atoms with van der Waals surface area (Å²) in [5, 5.41) is 4.00. The van der Waals surface area contributed by atoms with Crippen LogP contribution < -0.4 is 16.0 Å². The fraction of sp³-hybridized carbons (Fsp3) is 0.375. The second-order valence-corrected chi connectivity index (χ2v) is 6.95. The molecule has 2 aromatic rings. The molecule has 0 bridgehead atoms. The topological polar surface area (TPSA) is 97.0 Å². The molecule has 1 heterocycles. The van der Waals surface area contributed by atoms with Gasteiger partial charge in [0.2, 0.25) is 17.7 Å². The molecule has 3 rings (SSSR count). The summed E-state index contributed by atoms with van der Waals surface area (Å²) < 4.78 is 0. The van der Waals surface area contributed by atoms with Gasteiger partial charge in [-0.1, -0.05) is 29.3 Å². The molecular formula is C16H18Cl2N6O. The van der Waals surface area contributed by atoms with Crippen molar-refractivity contribution in [1.82, 2.24) is 20.3 Å². The SMILES string of the molecule is CN(C)c1nc(N)nc(C(=O)NC(c2c(Cl)cccc2Cl)C2CC2)n1. The molecule has 0 saturated heterocycles. The van der Waals surface area contributed by atoms with Crippen LogP contribution in [0.4, 0.5) is 11.9 Å². The highest BCUT2D eigenvalue weighted by Crippen LogP contribution is 2.45. The Labute approximate surface area is 155 Å². The van der Waals surface area contributed by atoms with Crippen molar-refractivity contribution in [1.29, 1.82) is 0 Å². The number of rotatable bonds is 5. The fourth-order valence-corrected chi connectivity index (χ4v) is 3.18. The van der Waals surface area contributed by atoms with Crippen molar-refractivity contribution in [3.63, 3.8) is 0 Å². The predicted octanol–water partition coefficient (Wildman–Crippen LogP) is 2.71. The van der Waals surface area contributed by atoms with E-state index in [-0.39, 0.29) is 23.7 Å². The Morgan fingerprint density at radius 3 is 2.44 bits per heavy atom. The lowest BCUT2D eigenvalue weighted by atomic mass is 10.0. The van der Waals surface area contributed by atoms with E-state index in [0.717, 1.165) is 18.4 Å². The molecule has 1 saturated carbocycles. The first-order valence-corrected chi connectivity index (χ1v) is 8.56. The third-order valence-corrected chi connectivity index (χ3v) is 4.59. The number of hydrogen-bond acceptors (Lipinski definition) is 6. The first kappa shape index (κ1) is 17.7. The summed E-state index contributed by atoms with van der Waals surface area (Å²) in [5.74, 6) is 0.114. The number of anilines is 2. The average Bonchev–Trinajstić information content (AvgIpc) is 3.37. The van der Waals surface area contributed by atoms with Crippen LogP contribution in [0.2, 0.25) is 10.0 Å². The molecule has 1 aliphatic carbocycles. The molecule has 25 heavy (non-hydrogen) atoms. The number of nitrogens with zero attached hydrogens (tertiary/aromatic N) is 4. The zero-order valence-electron chi connectivity index (χ0n) is 13.8. The largest absolute Gasteiger partial charge is 0.368 e. The zero-order chi connectivity index (χ0) is 18.1. The molecule has 7 nitrogen and oxygen atoms in total. The molecule has 1 aliphatic rings. The molecule has 1 aromatic heterocycles. The highest BCUT2D eigenvalue weighted by molar-refractivity contribution is 6.36. The standard InChI is InChI=1S/C16H18Cl2N6O/c1-24(2)16-22-13(21-15(19)23-16)14(25)20-12(8-6-7-8)11-9(17)4-3-5-10(11)18/h3-5,8,12H,6-7H2,1-2H3,(H,20,25)(H2,19,21,22,23). The minimum Gasteiger partial charge on any atom is -0.368 e. The number of aromatic nitrogens is 3. The molecule has 0 aliphatic heterocycles. The number of nitrogens with two attached hydrogens (primary N) is 1. The maximum atomic E-state index is 12.7. The van der Waals surface area contributed by atoms with Crippen LogP contribution in [0.3, 0.4) is 0 Å². The Kier molecular flexibility index (Phi) is 4.96. The second kappa shape index (κ2) is 7.01. The van der Waals surface area contributed by atoms with Crippen molar-refractivity contribution in [3.8, 4) is 0 Å². The van der Waals surface area contributed by atoms with Gasteiger partial charge in [0.25, 0.3) is 5.91 Å². The van der Waals surface area contributed by atoms with Crippen LogP contribution in [-0.4, -0.2) is 35.0 Å². The van der Waals surface area contributed by atoms with E-state index < -0.39 is 5.91 Å². The highest BCUT2D eigenvalue weighted by Gasteiger charge is 2.36. The Hall–Kier alpha value is -2.12. The predicted molar refractivity (Wildman–Crippen MR) is 98.0 cm³/mol. The van der Waals surface area contributed by atoms with E-state index in [1.54, 1.807) is 37.2 Å². The third kappa shape index (κ3) is 3.93. The van der Waals surface area contributed by atoms with Crippen molar-refractivity contribution in [2.45, 2.75) is 18.9 Å². The first-order chi connectivity index (χ1) is 11.9. The van der Waals surface area contributed by atoms with Gasteiger partial charge in [0, 0.05) is 29.7 Å². The third-order valence-electron chi connectivity index (χ3n) is 3.93. The van der Waals surface area contributed by atoms with Crippen LogP contribution in [0.5, 0.6) is 0 Å². The number of halogens is 2. The van der Waals surface area contributed by atoms with E-state index in [0.29, 0.717) is 16.0 Å². The van der Waals surface area contributed by atoms with Crippen molar-refractivity contribution < 1.29 is 4.79 Å². The van der Waals surface area contributed by atoms with Gasteiger partial charge >= 0.3 is 0 Å². The molecule has 1 unspecified atom stereocenters. The molecule has 1 atom stereocenters. The number of nitrogen functional groups attached to an aromatic ring is 1. The number of hydrogen-bond donors (Lipinski definition) is 2. The van der Waals surface area contributed by atoms with Crippen LogP contribution in [0.25, 0.3) is 0 Å². The van der Waals surface area contributed by atoms with Crippen LogP contribution in [0, 0.1) is 5.92 Å². The van der Waals surface area contributed by atoms with E-state index in [9.17, 15) is 4.79 Å². The van der Waals surface area contributed by atoms with Crippen LogP contribution in [-0.2, 0) is 0 Å². The van der Waals surface area contributed by atoms with Gasteiger partial charge in [-0.15, -0.1) is 0 Å². The average molecular weight is 381 g/mol. The van der Waals surface area contributed by atoms with Gasteiger partial charge in [-0.2, -0.15) is 15.0 Å². The molecular weight excluding hydrogens is 363 g/mol. The smallest absolute Gasteiger partial charge is 0.289 e. The quantitative estimate of drug-likeness (QED) is 0.827. The molecule has 3 N–H and O–H groups in total. The monoisotopic (exact) mass is 380 g/mol. The molecule has 0 radical (unpaired) electrons. The summed E-state index contributed by atoms with van der Waals surface area (Å²) in [6, 6.07) is 5.00. The lowest BCUT2D eigenvalue weighted by molar-refractivity contribution is 0.0921.